The highest BCUT2D eigenvalue weighted by atomic mass is 16.4. The first kappa shape index (κ1) is 31.7. The second-order valence-electron chi connectivity index (χ2n) is 8.25. The van der Waals surface area contributed by atoms with Crippen LogP contribution in [0.3, 0.4) is 0 Å². The molecular formula is C21H37N5O9. The number of carboxylic acid groups (broad SMARTS) is 3. The van der Waals surface area contributed by atoms with Crippen LogP contribution >= 0.6 is 0 Å². The van der Waals surface area contributed by atoms with Gasteiger partial charge in [0.2, 0.25) is 17.7 Å². The van der Waals surface area contributed by atoms with Crippen molar-refractivity contribution in [1.29, 1.82) is 0 Å². The molecule has 0 aliphatic carbocycles. The molecule has 0 aromatic heterocycles. The number of nitrogens with two attached hydrogens (primary N) is 2. The van der Waals surface area contributed by atoms with E-state index in [9.17, 15) is 33.9 Å². The molecule has 0 rings (SSSR count). The summed E-state index contributed by atoms with van der Waals surface area (Å²) in [5.74, 6) is -6.80. The predicted octanol–water partition coefficient (Wildman–Crippen LogP) is -1.63. The van der Waals surface area contributed by atoms with E-state index in [0.717, 1.165) is 0 Å². The third-order valence-electron chi connectivity index (χ3n) is 5.37. The Kier molecular flexibility index (Phi) is 14.9. The molecule has 0 spiro atoms. The zero-order valence-electron chi connectivity index (χ0n) is 20.0. The van der Waals surface area contributed by atoms with Crippen molar-refractivity contribution >= 4 is 35.6 Å². The molecule has 10 N–H and O–H groups in total. The van der Waals surface area contributed by atoms with Gasteiger partial charge < -0.3 is 42.7 Å². The number of carboxylic acids is 3. The van der Waals surface area contributed by atoms with Crippen LogP contribution in [0.1, 0.15) is 58.8 Å². The Morgan fingerprint density at radius 1 is 0.800 bits per heavy atom. The summed E-state index contributed by atoms with van der Waals surface area (Å²) in [5, 5.41) is 34.1. The number of aliphatic carboxylic acids is 3. The second kappa shape index (κ2) is 16.4. The number of rotatable bonds is 18. The monoisotopic (exact) mass is 503 g/mol. The van der Waals surface area contributed by atoms with Crippen molar-refractivity contribution in [2.45, 2.75) is 83.0 Å². The number of hydrogen-bond donors (Lipinski definition) is 8. The van der Waals surface area contributed by atoms with Crippen LogP contribution in [0.2, 0.25) is 0 Å². The maximum atomic E-state index is 13.0. The van der Waals surface area contributed by atoms with Crippen molar-refractivity contribution in [3.8, 4) is 0 Å². The number of hydrogen-bond acceptors (Lipinski definition) is 8. The van der Waals surface area contributed by atoms with Gasteiger partial charge in [-0.15, -0.1) is 0 Å². The van der Waals surface area contributed by atoms with Crippen LogP contribution in [-0.2, 0) is 28.8 Å². The van der Waals surface area contributed by atoms with E-state index < -0.39 is 78.6 Å². The van der Waals surface area contributed by atoms with E-state index in [0.29, 0.717) is 25.8 Å². The normalized spacial score (nSPS) is 15.1. The first-order valence-electron chi connectivity index (χ1n) is 11.4. The molecule has 0 saturated heterocycles. The molecular weight excluding hydrogens is 466 g/mol. The van der Waals surface area contributed by atoms with Gasteiger partial charge in [-0.2, -0.15) is 0 Å². The lowest BCUT2D eigenvalue weighted by Gasteiger charge is -2.28. The molecule has 14 nitrogen and oxygen atoms in total. The fourth-order valence-electron chi connectivity index (χ4n) is 3.06. The lowest BCUT2D eigenvalue weighted by Crippen LogP contribution is -2.58. The van der Waals surface area contributed by atoms with Crippen LogP contribution < -0.4 is 27.4 Å². The molecule has 5 unspecified atom stereocenters. The Hall–Kier alpha value is -3.26. The molecule has 0 aliphatic rings. The van der Waals surface area contributed by atoms with E-state index in [-0.39, 0.29) is 12.8 Å². The van der Waals surface area contributed by atoms with Gasteiger partial charge in [0.1, 0.15) is 18.1 Å². The van der Waals surface area contributed by atoms with E-state index >= 15 is 0 Å². The molecule has 0 radical (unpaired) electrons. The third kappa shape index (κ3) is 12.7. The van der Waals surface area contributed by atoms with Crippen LogP contribution in [0.25, 0.3) is 0 Å². The van der Waals surface area contributed by atoms with Crippen LogP contribution in [0.4, 0.5) is 0 Å². The summed E-state index contributed by atoms with van der Waals surface area (Å²) in [6, 6.07) is -5.19. The van der Waals surface area contributed by atoms with Crippen molar-refractivity contribution in [2.24, 2.45) is 17.4 Å². The van der Waals surface area contributed by atoms with Gasteiger partial charge in [0, 0.05) is 6.42 Å². The number of carbonyl (C=O) groups excluding carboxylic acids is 3. The molecule has 5 atom stereocenters. The minimum absolute atomic E-state index is 0.139. The van der Waals surface area contributed by atoms with Gasteiger partial charge in [0.15, 0.2) is 0 Å². The van der Waals surface area contributed by atoms with Crippen molar-refractivity contribution in [3.63, 3.8) is 0 Å². The Morgan fingerprint density at radius 2 is 1.40 bits per heavy atom. The number of unbranched alkanes of at least 4 members (excludes halogenated alkanes) is 1. The highest BCUT2D eigenvalue weighted by molar-refractivity contribution is 5.94. The smallest absolute Gasteiger partial charge is 0.326 e. The first-order valence-corrected chi connectivity index (χ1v) is 11.4. The summed E-state index contributed by atoms with van der Waals surface area (Å²) in [4.78, 5) is 71.2. The maximum Gasteiger partial charge on any atom is 0.326 e. The number of carbonyl (C=O) groups is 6. The topological polar surface area (TPSA) is 251 Å². The Bertz CT molecular complexity index is 761. The highest BCUT2D eigenvalue weighted by Crippen LogP contribution is 2.11. The molecule has 0 heterocycles. The average molecular weight is 504 g/mol. The van der Waals surface area contributed by atoms with Gasteiger partial charge in [0.05, 0.1) is 12.5 Å². The summed E-state index contributed by atoms with van der Waals surface area (Å²) in [6.45, 7) is 3.75. The fraction of sp³-hybridized carbons (Fsp3) is 0.714. The zero-order valence-corrected chi connectivity index (χ0v) is 20.0. The van der Waals surface area contributed by atoms with Crippen LogP contribution in [-0.4, -0.2) is 81.7 Å². The van der Waals surface area contributed by atoms with Crippen molar-refractivity contribution in [3.05, 3.63) is 0 Å². The lowest BCUT2D eigenvalue weighted by molar-refractivity contribution is -0.143. The van der Waals surface area contributed by atoms with E-state index in [1.54, 1.807) is 13.8 Å². The average Bonchev–Trinajstić information content (AvgIpc) is 2.77. The van der Waals surface area contributed by atoms with Crippen LogP contribution in [0.5, 0.6) is 0 Å². The van der Waals surface area contributed by atoms with E-state index in [4.69, 9.17) is 21.7 Å². The van der Waals surface area contributed by atoms with E-state index in [1.165, 1.54) is 0 Å². The van der Waals surface area contributed by atoms with Gasteiger partial charge in [-0.25, -0.2) is 4.79 Å². The third-order valence-corrected chi connectivity index (χ3v) is 5.37. The largest absolute Gasteiger partial charge is 0.481 e. The molecule has 200 valence electrons. The maximum absolute atomic E-state index is 13.0. The van der Waals surface area contributed by atoms with Gasteiger partial charge in [0.25, 0.3) is 0 Å². The van der Waals surface area contributed by atoms with Crippen LogP contribution in [0.15, 0.2) is 0 Å². The second-order valence-corrected chi connectivity index (χ2v) is 8.25. The van der Waals surface area contributed by atoms with Crippen molar-refractivity contribution < 1.29 is 44.1 Å². The van der Waals surface area contributed by atoms with Gasteiger partial charge >= 0.3 is 17.9 Å². The molecule has 0 fully saturated rings. The molecule has 0 aliphatic heterocycles. The van der Waals surface area contributed by atoms with Gasteiger partial charge in [-0.05, 0) is 38.1 Å². The summed E-state index contributed by atoms with van der Waals surface area (Å²) in [7, 11) is 0. The summed E-state index contributed by atoms with van der Waals surface area (Å²) >= 11 is 0. The summed E-state index contributed by atoms with van der Waals surface area (Å²) in [6.07, 6.45) is 0.0756. The standard InChI is InChI=1S/C21H37N5O9/c1-3-11(2)17(20(33)25-14(21(34)35)7-8-15(27)28)26-19(32)13(6-4-5-9-22)24-18(31)12(23)10-16(29)30/h11-14,17H,3-10,22-23H2,1-2H3,(H,24,31)(H,25,33)(H,26,32)(H,27,28)(H,29,30)(H,34,35). The van der Waals surface area contributed by atoms with E-state index in [1.807, 2.05) is 0 Å². The fourth-order valence-corrected chi connectivity index (χ4v) is 3.06. The molecule has 14 heteroatoms. The van der Waals surface area contributed by atoms with Crippen molar-refractivity contribution in [1.82, 2.24) is 16.0 Å². The van der Waals surface area contributed by atoms with Crippen molar-refractivity contribution in [2.75, 3.05) is 6.54 Å². The first-order chi connectivity index (χ1) is 16.3. The molecule has 0 saturated carbocycles. The molecule has 0 aromatic rings. The zero-order chi connectivity index (χ0) is 27.1. The highest BCUT2D eigenvalue weighted by Gasteiger charge is 2.33. The van der Waals surface area contributed by atoms with Gasteiger partial charge in [-0.1, -0.05) is 20.3 Å². The minimum atomic E-state index is -1.48. The van der Waals surface area contributed by atoms with Crippen LogP contribution in [0, 0.1) is 5.92 Å². The SMILES string of the molecule is CCC(C)C(NC(=O)C(CCCCN)NC(=O)C(N)CC(=O)O)C(=O)NC(CCC(=O)O)C(=O)O. The lowest BCUT2D eigenvalue weighted by atomic mass is 9.96. The number of nitrogens with one attached hydrogen (secondary N) is 3. The Morgan fingerprint density at radius 3 is 1.89 bits per heavy atom. The molecule has 3 amide bonds. The summed E-state index contributed by atoms with van der Waals surface area (Å²) < 4.78 is 0. The molecule has 0 aromatic carbocycles. The predicted molar refractivity (Wildman–Crippen MR) is 123 cm³/mol. The molecule has 35 heavy (non-hydrogen) atoms. The Labute approximate surface area is 203 Å². The summed E-state index contributed by atoms with van der Waals surface area (Å²) in [5.41, 5.74) is 11.0. The van der Waals surface area contributed by atoms with Gasteiger partial charge in [-0.3, -0.25) is 24.0 Å². The Balaban J connectivity index is 5.57. The quantitative estimate of drug-likeness (QED) is 0.0985. The van der Waals surface area contributed by atoms with E-state index in [2.05, 4.69) is 16.0 Å². The minimum Gasteiger partial charge on any atom is -0.481 e. The number of amides is 3. The molecule has 0 bridgehead atoms.